The van der Waals surface area contributed by atoms with Crippen molar-refractivity contribution in [2.45, 2.75) is 31.8 Å². The Bertz CT molecular complexity index is 1260. The zero-order valence-electron chi connectivity index (χ0n) is 17.9. The summed E-state index contributed by atoms with van der Waals surface area (Å²) in [7, 11) is -3.01. The number of fused-ring (bicyclic) bond motifs is 3. The molecule has 0 saturated carbocycles. The van der Waals surface area contributed by atoms with E-state index in [2.05, 4.69) is 4.98 Å². The van der Waals surface area contributed by atoms with Gasteiger partial charge in [0, 0.05) is 36.8 Å². The van der Waals surface area contributed by atoms with Crippen molar-refractivity contribution in [3.8, 4) is 0 Å². The molecule has 1 aliphatic heterocycles. The smallest absolute Gasteiger partial charge is 0.416 e. The first-order valence-corrected chi connectivity index (χ1v) is 12.4. The molecule has 0 atom stereocenters. The van der Waals surface area contributed by atoms with Crippen molar-refractivity contribution in [3.05, 3.63) is 26.5 Å². The molecule has 1 aliphatic rings. The van der Waals surface area contributed by atoms with Crippen molar-refractivity contribution in [2.24, 2.45) is 0 Å². The lowest BCUT2D eigenvalue weighted by molar-refractivity contribution is 0.0714. The molecule has 3 rings (SSSR count). The molecule has 0 aromatic carbocycles. The van der Waals surface area contributed by atoms with Gasteiger partial charge in [-0.2, -0.15) is 0 Å². The Morgan fingerprint density at radius 3 is 2.44 bits per heavy atom. The van der Waals surface area contributed by atoms with Crippen molar-refractivity contribution in [2.75, 3.05) is 33.1 Å². The number of hydrogen-bond acceptors (Lipinski definition) is 10. The molecule has 0 fully saturated rings. The van der Waals surface area contributed by atoms with E-state index in [1.54, 1.807) is 6.92 Å². The first-order valence-electron chi connectivity index (χ1n) is 9.65. The summed E-state index contributed by atoms with van der Waals surface area (Å²) in [6, 6.07) is 0. The number of nitrogens with zero attached hydrogens (tertiary/aromatic N) is 4. The van der Waals surface area contributed by atoms with Crippen LogP contribution in [-0.4, -0.2) is 78.8 Å². The van der Waals surface area contributed by atoms with E-state index in [0.717, 1.165) is 24.6 Å². The SMILES string of the molecule is CCOC(=O)N1CCc2c(sc3nc(S(C)(=O)=O)c(C(=O)N(C)C(=O)OCC)c(=O)n23)C1. The van der Waals surface area contributed by atoms with Crippen LogP contribution < -0.4 is 5.56 Å². The number of hydrogen-bond donors (Lipinski definition) is 0. The summed E-state index contributed by atoms with van der Waals surface area (Å²) in [6.07, 6.45) is -0.434. The van der Waals surface area contributed by atoms with Crippen molar-refractivity contribution in [1.29, 1.82) is 0 Å². The Labute approximate surface area is 187 Å². The van der Waals surface area contributed by atoms with E-state index < -0.39 is 44.1 Å². The van der Waals surface area contributed by atoms with Crippen LogP contribution in [0.4, 0.5) is 9.59 Å². The van der Waals surface area contributed by atoms with Gasteiger partial charge in [-0.1, -0.05) is 11.3 Å². The van der Waals surface area contributed by atoms with E-state index in [0.29, 0.717) is 15.5 Å². The van der Waals surface area contributed by atoms with Crippen molar-refractivity contribution < 1.29 is 32.3 Å². The quantitative estimate of drug-likeness (QED) is 0.576. The minimum absolute atomic E-state index is 0.0132. The topological polar surface area (TPSA) is 145 Å². The average Bonchev–Trinajstić information content (AvgIpc) is 3.10. The number of rotatable bonds is 4. The van der Waals surface area contributed by atoms with Crippen LogP contribution in [0.3, 0.4) is 0 Å². The molecular weight excluding hydrogens is 464 g/mol. The maximum Gasteiger partial charge on any atom is 0.416 e. The maximum absolute atomic E-state index is 13.3. The highest BCUT2D eigenvalue weighted by Gasteiger charge is 2.34. The van der Waals surface area contributed by atoms with E-state index in [-0.39, 0.29) is 37.7 Å². The lowest BCUT2D eigenvalue weighted by Gasteiger charge is -2.25. The molecule has 0 spiro atoms. The summed E-state index contributed by atoms with van der Waals surface area (Å²) < 4.78 is 35.7. The van der Waals surface area contributed by atoms with E-state index in [4.69, 9.17) is 9.47 Å². The highest BCUT2D eigenvalue weighted by molar-refractivity contribution is 7.90. The van der Waals surface area contributed by atoms with Crippen LogP contribution in [0.2, 0.25) is 0 Å². The standard InChI is InChI=1S/C18H22N4O8S2/c1-5-29-17(25)20(3)14(23)12-13(32(4,27)28)19-16-22(15(12)24)10-7-8-21(9-11(10)31-16)18(26)30-6-2/h5-9H2,1-4H3. The van der Waals surface area contributed by atoms with E-state index in [9.17, 15) is 27.6 Å². The van der Waals surface area contributed by atoms with Gasteiger partial charge in [0.2, 0.25) is 0 Å². The molecule has 2 aromatic heterocycles. The predicted molar refractivity (Wildman–Crippen MR) is 113 cm³/mol. The Kier molecular flexibility index (Phi) is 6.55. The second-order valence-corrected chi connectivity index (χ2v) is 9.89. The molecule has 32 heavy (non-hydrogen) atoms. The van der Waals surface area contributed by atoms with Gasteiger partial charge >= 0.3 is 12.2 Å². The zero-order valence-corrected chi connectivity index (χ0v) is 19.5. The van der Waals surface area contributed by atoms with Crippen LogP contribution in [0.15, 0.2) is 9.82 Å². The number of carbonyl (C=O) groups is 3. The van der Waals surface area contributed by atoms with Gasteiger partial charge in [-0.3, -0.25) is 14.0 Å². The summed E-state index contributed by atoms with van der Waals surface area (Å²) in [5.74, 6) is -1.14. The Hall–Kier alpha value is -3.00. The van der Waals surface area contributed by atoms with Gasteiger partial charge in [-0.05, 0) is 13.8 Å². The number of imide groups is 1. The molecule has 2 aromatic rings. The lowest BCUT2D eigenvalue weighted by Crippen LogP contribution is -2.40. The van der Waals surface area contributed by atoms with Crippen LogP contribution in [0.25, 0.3) is 4.96 Å². The molecular formula is C18H22N4O8S2. The number of aromatic nitrogens is 2. The van der Waals surface area contributed by atoms with Crippen LogP contribution in [0.1, 0.15) is 34.8 Å². The molecule has 0 unspecified atom stereocenters. The predicted octanol–water partition coefficient (Wildman–Crippen LogP) is 0.903. The van der Waals surface area contributed by atoms with Crippen LogP contribution in [0, 0.1) is 0 Å². The minimum atomic E-state index is -4.10. The molecule has 14 heteroatoms. The fourth-order valence-corrected chi connectivity index (χ4v) is 5.27. The maximum atomic E-state index is 13.3. The molecule has 0 aliphatic carbocycles. The molecule has 0 N–H and O–H groups in total. The van der Waals surface area contributed by atoms with Crippen LogP contribution in [-0.2, 0) is 32.3 Å². The first-order chi connectivity index (χ1) is 15.0. The van der Waals surface area contributed by atoms with Gasteiger partial charge in [0.05, 0.1) is 19.8 Å². The van der Waals surface area contributed by atoms with E-state index in [1.807, 2.05) is 0 Å². The first kappa shape index (κ1) is 23.7. The molecule has 12 nitrogen and oxygen atoms in total. The van der Waals surface area contributed by atoms with Gasteiger partial charge < -0.3 is 14.4 Å². The van der Waals surface area contributed by atoms with Crippen molar-refractivity contribution >= 4 is 44.2 Å². The van der Waals surface area contributed by atoms with Gasteiger partial charge in [0.15, 0.2) is 19.8 Å². The number of amides is 3. The molecule has 0 bridgehead atoms. The monoisotopic (exact) mass is 486 g/mol. The summed E-state index contributed by atoms with van der Waals surface area (Å²) in [5.41, 5.74) is -1.12. The third kappa shape index (κ3) is 4.19. The molecule has 3 amide bonds. The van der Waals surface area contributed by atoms with Crippen LogP contribution >= 0.6 is 11.3 Å². The highest BCUT2D eigenvalue weighted by atomic mass is 32.2. The largest absolute Gasteiger partial charge is 0.450 e. The second kappa shape index (κ2) is 8.86. The second-order valence-electron chi connectivity index (χ2n) is 6.89. The number of carbonyl (C=O) groups excluding carboxylic acids is 3. The molecule has 0 saturated heterocycles. The molecule has 0 radical (unpaired) electrons. The summed E-state index contributed by atoms with van der Waals surface area (Å²) in [4.78, 5) is 57.1. The van der Waals surface area contributed by atoms with Crippen molar-refractivity contribution in [3.63, 3.8) is 0 Å². The lowest BCUT2D eigenvalue weighted by atomic mass is 10.2. The normalized spacial score (nSPS) is 13.6. The Balaban J connectivity index is 2.18. The number of sulfone groups is 1. The highest BCUT2D eigenvalue weighted by Crippen LogP contribution is 2.28. The third-order valence-corrected chi connectivity index (χ3v) is 6.78. The van der Waals surface area contributed by atoms with E-state index in [1.165, 1.54) is 16.2 Å². The Morgan fingerprint density at radius 1 is 1.19 bits per heavy atom. The van der Waals surface area contributed by atoms with Crippen LogP contribution in [0.5, 0.6) is 0 Å². The van der Waals surface area contributed by atoms with Gasteiger partial charge in [0.1, 0.15) is 5.56 Å². The third-order valence-electron chi connectivity index (χ3n) is 4.72. The van der Waals surface area contributed by atoms with Crippen molar-refractivity contribution in [1.82, 2.24) is 19.2 Å². The number of ether oxygens (including phenoxy) is 2. The minimum Gasteiger partial charge on any atom is -0.450 e. The number of thiazole rings is 1. The Morgan fingerprint density at radius 2 is 1.84 bits per heavy atom. The van der Waals surface area contributed by atoms with E-state index >= 15 is 0 Å². The molecule has 174 valence electrons. The summed E-state index contributed by atoms with van der Waals surface area (Å²) >= 11 is 1.05. The fraction of sp³-hybridized carbons (Fsp3) is 0.500. The summed E-state index contributed by atoms with van der Waals surface area (Å²) in [5, 5.41) is -0.718. The molecule has 3 heterocycles. The zero-order chi connectivity index (χ0) is 23.8. The van der Waals surface area contributed by atoms with Gasteiger partial charge in [-0.25, -0.2) is 27.9 Å². The van der Waals surface area contributed by atoms with Gasteiger partial charge in [0.25, 0.3) is 11.5 Å². The average molecular weight is 487 g/mol. The van der Waals surface area contributed by atoms with Gasteiger partial charge in [-0.15, -0.1) is 0 Å². The fourth-order valence-electron chi connectivity index (χ4n) is 3.24. The summed E-state index contributed by atoms with van der Waals surface area (Å²) in [6.45, 7) is 3.85.